The van der Waals surface area contributed by atoms with Crippen molar-refractivity contribution in [3.63, 3.8) is 0 Å². The van der Waals surface area contributed by atoms with Gasteiger partial charge < -0.3 is 10.4 Å². The van der Waals surface area contributed by atoms with Gasteiger partial charge in [-0.25, -0.2) is 0 Å². The molecule has 1 amide bonds. The number of aliphatic hydroxyl groups excluding tert-OH is 1. The topological polar surface area (TPSA) is 61.4 Å². The number of carbonyl (C=O) groups is 1. The van der Waals surface area contributed by atoms with Crippen molar-refractivity contribution >= 4 is 5.91 Å². The Morgan fingerprint density at radius 3 is 2.53 bits per heavy atom. The highest BCUT2D eigenvalue weighted by molar-refractivity contribution is 5.81. The third-order valence-corrected chi connectivity index (χ3v) is 4.45. The number of nitrogens with one attached hydrogen (secondary N) is 2. The molecule has 0 aliphatic heterocycles. The van der Waals surface area contributed by atoms with Crippen LogP contribution in [0, 0.1) is 17.8 Å². The second kappa shape index (κ2) is 7.25. The van der Waals surface area contributed by atoms with E-state index in [1.54, 1.807) is 0 Å². The number of hydrogen-bond acceptors (Lipinski definition) is 3. The molecular weight excluding hydrogens is 240 g/mol. The van der Waals surface area contributed by atoms with E-state index in [1.807, 2.05) is 0 Å². The second-order valence-electron chi connectivity index (χ2n) is 6.41. The number of hydrogen-bond donors (Lipinski definition) is 3. The molecule has 3 atom stereocenters. The van der Waals surface area contributed by atoms with Gasteiger partial charge in [-0.1, -0.05) is 20.3 Å². The maximum absolute atomic E-state index is 12.5. The van der Waals surface area contributed by atoms with Gasteiger partial charge in [-0.15, -0.1) is 0 Å². The Bertz CT molecular complexity index is 292. The minimum Gasteiger partial charge on any atom is -0.381 e. The van der Waals surface area contributed by atoms with Crippen LogP contribution in [0.25, 0.3) is 0 Å². The summed E-state index contributed by atoms with van der Waals surface area (Å²) in [5.41, 5.74) is -0.127. The predicted molar refractivity (Wildman–Crippen MR) is 77.6 cm³/mol. The monoisotopic (exact) mass is 270 g/mol. The van der Waals surface area contributed by atoms with Crippen molar-refractivity contribution in [2.24, 2.45) is 17.8 Å². The van der Waals surface area contributed by atoms with Crippen molar-refractivity contribution in [1.29, 1.82) is 0 Å². The lowest BCUT2D eigenvalue weighted by Crippen LogP contribution is -2.55. The zero-order chi connectivity index (χ0) is 14.5. The molecule has 1 aliphatic carbocycles. The van der Waals surface area contributed by atoms with Crippen LogP contribution in [-0.2, 0) is 4.79 Å². The number of amides is 1. The van der Waals surface area contributed by atoms with Crippen LogP contribution in [0.4, 0.5) is 0 Å². The summed E-state index contributed by atoms with van der Waals surface area (Å²) in [6.45, 7) is 9.13. The minimum atomic E-state index is -0.127. The molecule has 0 radical (unpaired) electrons. The second-order valence-corrected chi connectivity index (χ2v) is 6.41. The summed E-state index contributed by atoms with van der Waals surface area (Å²) >= 11 is 0. The Morgan fingerprint density at radius 1 is 1.32 bits per heavy atom. The summed E-state index contributed by atoms with van der Waals surface area (Å²) in [4.78, 5) is 12.5. The average molecular weight is 270 g/mol. The SMILES string of the molecule is CCCC1CC(CNCO)C1C(=O)NC(C)(C)CC. The normalized spacial score (nSPS) is 26.9. The highest BCUT2D eigenvalue weighted by atomic mass is 16.3. The van der Waals surface area contributed by atoms with Gasteiger partial charge in [0.1, 0.15) is 0 Å². The molecule has 1 saturated carbocycles. The van der Waals surface area contributed by atoms with Gasteiger partial charge in [0, 0.05) is 18.0 Å². The fourth-order valence-corrected chi connectivity index (χ4v) is 2.93. The third kappa shape index (κ3) is 4.46. The summed E-state index contributed by atoms with van der Waals surface area (Å²) in [6, 6.07) is 0. The molecular formula is C15H30N2O2. The average Bonchev–Trinajstić information content (AvgIpc) is 2.31. The van der Waals surface area contributed by atoms with E-state index < -0.39 is 0 Å². The first-order valence-corrected chi connectivity index (χ1v) is 7.58. The van der Waals surface area contributed by atoms with E-state index in [0.29, 0.717) is 11.8 Å². The van der Waals surface area contributed by atoms with Gasteiger partial charge in [0.15, 0.2) is 0 Å². The van der Waals surface area contributed by atoms with Crippen LogP contribution in [-0.4, -0.2) is 29.8 Å². The van der Waals surface area contributed by atoms with Crippen molar-refractivity contribution in [3.05, 3.63) is 0 Å². The highest BCUT2D eigenvalue weighted by Crippen LogP contribution is 2.43. The van der Waals surface area contributed by atoms with E-state index in [2.05, 4.69) is 38.3 Å². The number of carbonyl (C=O) groups excluding carboxylic acids is 1. The molecule has 3 unspecified atom stereocenters. The van der Waals surface area contributed by atoms with Gasteiger partial charge in [-0.3, -0.25) is 10.1 Å². The largest absolute Gasteiger partial charge is 0.381 e. The molecule has 4 heteroatoms. The van der Waals surface area contributed by atoms with Crippen LogP contribution in [0.15, 0.2) is 0 Å². The van der Waals surface area contributed by atoms with E-state index in [9.17, 15) is 4.79 Å². The van der Waals surface area contributed by atoms with Crippen LogP contribution in [0.3, 0.4) is 0 Å². The fourth-order valence-electron chi connectivity index (χ4n) is 2.93. The van der Waals surface area contributed by atoms with Gasteiger partial charge in [0.25, 0.3) is 0 Å². The Balaban J connectivity index is 2.59. The molecule has 4 nitrogen and oxygen atoms in total. The molecule has 1 fully saturated rings. The van der Waals surface area contributed by atoms with E-state index in [4.69, 9.17) is 5.11 Å². The third-order valence-electron chi connectivity index (χ3n) is 4.45. The summed E-state index contributed by atoms with van der Waals surface area (Å²) in [6.07, 6.45) is 4.29. The maximum Gasteiger partial charge on any atom is 0.224 e. The molecule has 1 aliphatic rings. The van der Waals surface area contributed by atoms with Gasteiger partial charge in [0.05, 0.1) is 6.73 Å². The highest BCUT2D eigenvalue weighted by Gasteiger charge is 2.45. The molecule has 0 aromatic heterocycles. The molecule has 0 saturated heterocycles. The standard InChI is InChI=1S/C15H30N2O2/c1-5-7-11-8-12(9-16-10-18)13(11)14(19)17-15(3,4)6-2/h11-13,16,18H,5-10H2,1-4H3,(H,17,19). The summed E-state index contributed by atoms with van der Waals surface area (Å²) in [5.74, 6) is 1.20. The molecule has 1 rings (SSSR count). The summed E-state index contributed by atoms with van der Waals surface area (Å²) in [7, 11) is 0. The first-order chi connectivity index (χ1) is 8.95. The first-order valence-electron chi connectivity index (χ1n) is 7.58. The van der Waals surface area contributed by atoms with Crippen LogP contribution in [0.1, 0.15) is 53.4 Å². The summed E-state index contributed by atoms with van der Waals surface area (Å²) in [5, 5.41) is 15.0. The van der Waals surface area contributed by atoms with Crippen molar-refractivity contribution in [2.45, 2.75) is 58.9 Å². The van der Waals surface area contributed by atoms with Crippen molar-refractivity contribution in [1.82, 2.24) is 10.6 Å². The van der Waals surface area contributed by atoms with Gasteiger partial charge >= 0.3 is 0 Å². The predicted octanol–water partition coefficient (Wildman–Crippen LogP) is 1.88. The van der Waals surface area contributed by atoms with Crippen LogP contribution in [0.2, 0.25) is 0 Å². The lowest BCUT2D eigenvalue weighted by atomic mass is 9.62. The van der Waals surface area contributed by atoms with Crippen LogP contribution >= 0.6 is 0 Å². The zero-order valence-electron chi connectivity index (χ0n) is 12.8. The van der Waals surface area contributed by atoms with Crippen molar-refractivity contribution < 1.29 is 9.90 Å². The maximum atomic E-state index is 12.5. The van der Waals surface area contributed by atoms with Crippen LogP contribution < -0.4 is 10.6 Å². The Kier molecular flexibility index (Phi) is 6.27. The molecule has 0 aromatic carbocycles. The van der Waals surface area contributed by atoms with E-state index in [1.165, 1.54) is 0 Å². The molecule has 112 valence electrons. The molecule has 0 heterocycles. The smallest absolute Gasteiger partial charge is 0.224 e. The van der Waals surface area contributed by atoms with Gasteiger partial charge in [-0.2, -0.15) is 0 Å². The van der Waals surface area contributed by atoms with Gasteiger partial charge in [-0.05, 0) is 44.9 Å². The van der Waals surface area contributed by atoms with Crippen LogP contribution in [0.5, 0.6) is 0 Å². The van der Waals surface area contributed by atoms with Crippen molar-refractivity contribution in [3.8, 4) is 0 Å². The minimum absolute atomic E-state index is 0.0102. The number of aliphatic hydroxyl groups is 1. The van der Waals surface area contributed by atoms with Gasteiger partial charge in [0.2, 0.25) is 5.91 Å². The molecule has 0 bridgehead atoms. The number of rotatable bonds is 8. The van der Waals surface area contributed by atoms with Crippen molar-refractivity contribution in [2.75, 3.05) is 13.3 Å². The van der Waals surface area contributed by atoms with E-state index in [0.717, 1.165) is 32.2 Å². The zero-order valence-corrected chi connectivity index (χ0v) is 12.8. The Morgan fingerprint density at radius 2 is 2.00 bits per heavy atom. The van der Waals surface area contributed by atoms with E-state index >= 15 is 0 Å². The Labute approximate surface area is 117 Å². The molecule has 0 aromatic rings. The summed E-state index contributed by atoms with van der Waals surface area (Å²) < 4.78 is 0. The van der Waals surface area contributed by atoms with E-state index in [-0.39, 0.29) is 24.1 Å². The lowest BCUT2D eigenvalue weighted by Gasteiger charge is -2.45. The molecule has 19 heavy (non-hydrogen) atoms. The first kappa shape index (κ1) is 16.4. The molecule has 3 N–H and O–H groups in total. The lowest BCUT2D eigenvalue weighted by molar-refractivity contribution is -0.136. The molecule has 0 spiro atoms. The fraction of sp³-hybridized carbons (Fsp3) is 0.933. The quantitative estimate of drug-likeness (QED) is 0.590. The Hall–Kier alpha value is -0.610.